The van der Waals surface area contributed by atoms with Crippen LogP contribution in [0.3, 0.4) is 0 Å². The highest BCUT2D eigenvalue weighted by molar-refractivity contribution is 5.83. The zero-order valence-corrected chi connectivity index (χ0v) is 14.6. The summed E-state index contributed by atoms with van der Waals surface area (Å²) in [7, 11) is 0. The van der Waals surface area contributed by atoms with Crippen molar-refractivity contribution in [2.75, 3.05) is 0 Å². The molecule has 0 radical (unpaired) electrons. The topological polar surface area (TPSA) is 52.6 Å². The fraction of sp³-hybridized carbons (Fsp3) is 0.333. The summed E-state index contributed by atoms with van der Waals surface area (Å²) < 4.78 is 10.5. The molecule has 0 aliphatic rings. The van der Waals surface area contributed by atoms with E-state index >= 15 is 0 Å². The monoisotopic (exact) mass is 340 g/mol. The summed E-state index contributed by atoms with van der Waals surface area (Å²) in [6.07, 6.45) is 3.01. The molecule has 0 bridgehead atoms. The van der Waals surface area contributed by atoms with Gasteiger partial charge < -0.3 is 9.47 Å². The van der Waals surface area contributed by atoms with E-state index in [1.54, 1.807) is 6.08 Å². The summed E-state index contributed by atoms with van der Waals surface area (Å²) in [5.41, 5.74) is 0.949. The molecule has 2 aromatic rings. The minimum atomic E-state index is -0.305. The highest BCUT2D eigenvalue weighted by atomic mass is 16.5. The standard InChI is InChI=1S/C21H24O4/c1-3-7-16(2)25-21(23)11-6-10-20(22)24-15-17-12-13-18-8-4-5-9-19(18)14-17/h3-5,8-9,12-14,16H,1,6-7,10-11,15H2,2H3. The van der Waals surface area contributed by atoms with E-state index in [4.69, 9.17) is 9.47 Å². The van der Waals surface area contributed by atoms with Gasteiger partial charge in [-0.3, -0.25) is 9.59 Å². The van der Waals surface area contributed by atoms with E-state index in [2.05, 4.69) is 6.58 Å². The maximum absolute atomic E-state index is 11.8. The summed E-state index contributed by atoms with van der Waals surface area (Å²) in [6.45, 7) is 5.66. The van der Waals surface area contributed by atoms with Crippen LogP contribution in [0.15, 0.2) is 55.1 Å². The van der Waals surface area contributed by atoms with Crippen molar-refractivity contribution in [3.8, 4) is 0 Å². The first-order valence-electron chi connectivity index (χ1n) is 8.52. The van der Waals surface area contributed by atoms with Gasteiger partial charge in [0.25, 0.3) is 0 Å². The third kappa shape index (κ3) is 6.42. The number of carbonyl (C=O) groups is 2. The van der Waals surface area contributed by atoms with E-state index in [1.807, 2.05) is 49.4 Å². The Bertz CT molecular complexity index is 736. The van der Waals surface area contributed by atoms with Gasteiger partial charge in [-0.1, -0.05) is 42.5 Å². The lowest BCUT2D eigenvalue weighted by atomic mass is 10.1. The van der Waals surface area contributed by atoms with Crippen molar-refractivity contribution in [2.24, 2.45) is 0 Å². The van der Waals surface area contributed by atoms with Crippen LogP contribution in [0.25, 0.3) is 10.8 Å². The lowest BCUT2D eigenvalue weighted by Gasteiger charge is -2.10. The van der Waals surface area contributed by atoms with Crippen molar-refractivity contribution < 1.29 is 19.1 Å². The molecule has 25 heavy (non-hydrogen) atoms. The van der Waals surface area contributed by atoms with Gasteiger partial charge in [0, 0.05) is 19.3 Å². The van der Waals surface area contributed by atoms with Crippen LogP contribution in [0, 0.1) is 0 Å². The van der Waals surface area contributed by atoms with E-state index in [1.165, 1.54) is 0 Å². The molecule has 0 amide bonds. The van der Waals surface area contributed by atoms with Gasteiger partial charge in [-0.05, 0) is 35.7 Å². The molecule has 4 heteroatoms. The summed E-state index contributed by atoms with van der Waals surface area (Å²) in [5, 5.41) is 2.27. The van der Waals surface area contributed by atoms with Crippen LogP contribution in [0.4, 0.5) is 0 Å². The SMILES string of the molecule is C=CCC(C)OC(=O)CCCC(=O)OCc1ccc2ccccc2c1. The van der Waals surface area contributed by atoms with Gasteiger partial charge in [-0.25, -0.2) is 0 Å². The Labute approximate surface area is 148 Å². The average molecular weight is 340 g/mol. The number of fused-ring (bicyclic) bond motifs is 1. The number of benzene rings is 2. The van der Waals surface area contributed by atoms with E-state index in [-0.39, 0.29) is 37.5 Å². The van der Waals surface area contributed by atoms with Gasteiger partial charge in [-0.2, -0.15) is 0 Å². The lowest BCUT2D eigenvalue weighted by molar-refractivity contribution is -0.148. The van der Waals surface area contributed by atoms with Crippen LogP contribution in [-0.2, 0) is 25.7 Å². The van der Waals surface area contributed by atoms with Crippen molar-refractivity contribution in [1.82, 2.24) is 0 Å². The van der Waals surface area contributed by atoms with Crippen molar-refractivity contribution in [1.29, 1.82) is 0 Å². The van der Waals surface area contributed by atoms with Gasteiger partial charge in [0.2, 0.25) is 0 Å². The highest BCUT2D eigenvalue weighted by Gasteiger charge is 2.10. The largest absolute Gasteiger partial charge is 0.462 e. The molecule has 0 heterocycles. The van der Waals surface area contributed by atoms with Crippen LogP contribution in [0.1, 0.15) is 38.2 Å². The van der Waals surface area contributed by atoms with Gasteiger partial charge in [0.1, 0.15) is 12.7 Å². The summed E-state index contributed by atoms with van der Waals surface area (Å²) in [6, 6.07) is 14.0. The molecule has 2 rings (SSSR count). The van der Waals surface area contributed by atoms with Gasteiger partial charge in [0.05, 0.1) is 0 Å². The molecule has 1 atom stereocenters. The van der Waals surface area contributed by atoms with E-state index in [9.17, 15) is 9.59 Å². The normalized spacial score (nSPS) is 11.7. The Kier molecular flexibility index (Phi) is 7.20. The van der Waals surface area contributed by atoms with Crippen LogP contribution < -0.4 is 0 Å². The van der Waals surface area contributed by atoms with Crippen molar-refractivity contribution in [2.45, 2.75) is 45.3 Å². The zero-order chi connectivity index (χ0) is 18.1. The number of rotatable bonds is 9. The van der Waals surface area contributed by atoms with E-state index < -0.39 is 0 Å². The van der Waals surface area contributed by atoms with Crippen molar-refractivity contribution >= 4 is 22.7 Å². The third-order valence-electron chi connectivity index (χ3n) is 3.81. The molecule has 0 fully saturated rings. The first kappa shape index (κ1) is 18.7. The predicted molar refractivity (Wildman–Crippen MR) is 98.0 cm³/mol. The smallest absolute Gasteiger partial charge is 0.306 e. The molecule has 132 valence electrons. The molecule has 0 saturated carbocycles. The molecular weight excluding hydrogens is 316 g/mol. The lowest BCUT2D eigenvalue weighted by Crippen LogP contribution is -2.14. The maximum atomic E-state index is 11.8. The van der Waals surface area contributed by atoms with E-state index in [0.717, 1.165) is 16.3 Å². The second-order valence-corrected chi connectivity index (χ2v) is 6.02. The summed E-state index contributed by atoms with van der Waals surface area (Å²) in [4.78, 5) is 23.4. The van der Waals surface area contributed by atoms with E-state index in [0.29, 0.717) is 12.8 Å². The summed E-state index contributed by atoms with van der Waals surface area (Å²) in [5.74, 6) is -0.600. The second kappa shape index (κ2) is 9.62. The molecule has 0 saturated heterocycles. The average Bonchev–Trinajstić information content (AvgIpc) is 2.60. The molecule has 0 spiro atoms. The van der Waals surface area contributed by atoms with Crippen LogP contribution >= 0.6 is 0 Å². The molecule has 0 aromatic heterocycles. The number of hydrogen-bond donors (Lipinski definition) is 0. The Balaban J connectivity index is 1.69. The quantitative estimate of drug-likeness (QED) is 0.496. The Hall–Kier alpha value is -2.62. The number of carbonyl (C=O) groups excluding carboxylic acids is 2. The van der Waals surface area contributed by atoms with Crippen molar-refractivity contribution in [3.05, 3.63) is 60.7 Å². The number of ether oxygens (including phenoxy) is 2. The minimum absolute atomic E-state index is 0.176. The van der Waals surface area contributed by atoms with Gasteiger partial charge in [-0.15, -0.1) is 6.58 Å². The fourth-order valence-corrected chi connectivity index (χ4v) is 2.51. The minimum Gasteiger partial charge on any atom is -0.462 e. The van der Waals surface area contributed by atoms with Crippen LogP contribution in [0.2, 0.25) is 0 Å². The molecule has 0 aliphatic carbocycles. The molecule has 0 N–H and O–H groups in total. The third-order valence-corrected chi connectivity index (χ3v) is 3.81. The molecule has 2 aromatic carbocycles. The van der Waals surface area contributed by atoms with Gasteiger partial charge in [0.15, 0.2) is 0 Å². The Morgan fingerprint density at radius 1 is 1.08 bits per heavy atom. The maximum Gasteiger partial charge on any atom is 0.306 e. The second-order valence-electron chi connectivity index (χ2n) is 6.02. The number of esters is 2. The molecular formula is C21H24O4. The van der Waals surface area contributed by atoms with Crippen LogP contribution in [0.5, 0.6) is 0 Å². The summed E-state index contributed by atoms with van der Waals surface area (Å²) >= 11 is 0. The van der Waals surface area contributed by atoms with Gasteiger partial charge >= 0.3 is 11.9 Å². The molecule has 0 aliphatic heterocycles. The fourth-order valence-electron chi connectivity index (χ4n) is 2.51. The highest BCUT2D eigenvalue weighted by Crippen LogP contribution is 2.16. The van der Waals surface area contributed by atoms with Crippen LogP contribution in [-0.4, -0.2) is 18.0 Å². The first-order valence-corrected chi connectivity index (χ1v) is 8.52. The van der Waals surface area contributed by atoms with Crippen molar-refractivity contribution in [3.63, 3.8) is 0 Å². The molecule has 1 unspecified atom stereocenters. The first-order chi connectivity index (χ1) is 12.1. The molecule has 4 nitrogen and oxygen atoms in total. The zero-order valence-electron chi connectivity index (χ0n) is 14.6. The predicted octanol–water partition coefficient (Wildman–Crippen LogP) is 4.56. The Morgan fingerprint density at radius 2 is 1.80 bits per heavy atom. The number of hydrogen-bond acceptors (Lipinski definition) is 4. The Morgan fingerprint density at radius 3 is 2.56 bits per heavy atom.